The van der Waals surface area contributed by atoms with Crippen LogP contribution in [0, 0.1) is 5.82 Å². The maximum Gasteiger partial charge on any atom is 0.126 e. The zero-order chi connectivity index (χ0) is 9.97. The molecule has 1 atom stereocenters. The van der Waals surface area contributed by atoms with Crippen molar-refractivity contribution < 1.29 is 9.13 Å². The van der Waals surface area contributed by atoms with E-state index in [-0.39, 0.29) is 18.2 Å². The molecular formula is C11H15ClFNO. The van der Waals surface area contributed by atoms with Crippen molar-refractivity contribution in [1.82, 2.24) is 5.32 Å². The first kappa shape index (κ1) is 12.3. The molecule has 0 radical (unpaired) electrons. The minimum Gasteiger partial charge on any atom is -0.497 e. The van der Waals surface area contributed by atoms with E-state index in [0.717, 1.165) is 30.8 Å². The smallest absolute Gasteiger partial charge is 0.126 e. The second-order valence-corrected chi connectivity index (χ2v) is 3.58. The number of hydrogen-bond donors (Lipinski definition) is 1. The Bertz CT molecular complexity index is 326. The predicted molar refractivity (Wildman–Crippen MR) is 60.4 cm³/mol. The standard InChI is InChI=1S/C11H14FNO.ClH/c1-14-9-2-3-11(12)10(6-9)8-4-5-13-7-8;/h2-3,6,8,13H,4-5,7H2,1H3;1H. The van der Waals surface area contributed by atoms with E-state index in [4.69, 9.17) is 4.74 Å². The summed E-state index contributed by atoms with van der Waals surface area (Å²) in [6.07, 6.45) is 1.00. The second-order valence-electron chi connectivity index (χ2n) is 3.58. The summed E-state index contributed by atoms with van der Waals surface area (Å²) in [6.45, 7) is 1.84. The lowest BCUT2D eigenvalue weighted by Crippen LogP contribution is -2.09. The van der Waals surface area contributed by atoms with Crippen molar-refractivity contribution in [3.63, 3.8) is 0 Å². The van der Waals surface area contributed by atoms with Crippen LogP contribution < -0.4 is 10.1 Å². The van der Waals surface area contributed by atoms with Crippen molar-refractivity contribution in [3.8, 4) is 5.75 Å². The first-order valence-electron chi connectivity index (χ1n) is 4.85. The van der Waals surface area contributed by atoms with Gasteiger partial charge in [0.2, 0.25) is 0 Å². The molecule has 1 aliphatic heterocycles. The van der Waals surface area contributed by atoms with E-state index >= 15 is 0 Å². The number of ether oxygens (including phenoxy) is 1. The predicted octanol–water partition coefficient (Wildman–Crippen LogP) is 2.33. The van der Waals surface area contributed by atoms with Crippen molar-refractivity contribution >= 4 is 12.4 Å². The fourth-order valence-corrected chi connectivity index (χ4v) is 1.88. The summed E-state index contributed by atoms with van der Waals surface area (Å²) in [5.74, 6) is 0.901. The first-order valence-corrected chi connectivity index (χ1v) is 4.85. The molecule has 1 unspecified atom stereocenters. The molecule has 1 saturated heterocycles. The lowest BCUT2D eigenvalue weighted by Gasteiger charge is -2.11. The van der Waals surface area contributed by atoms with Gasteiger partial charge >= 0.3 is 0 Å². The van der Waals surface area contributed by atoms with Crippen LogP contribution in [-0.4, -0.2) is 20.2 Å². The molecule has 1 aliphatic rings. The van der Waals surface area contributed by atoms with Crippen molar-refractivity contribution in [3.05, 3.63) is 29.6 Å². The number of nitrogens with one attached hydrogen (secondary N) is 1. The normalized spacial score (nSPS) is 19.7. The van der Waals surface area contributed by atoms with Crippen LogP contribution in [0.2, 0.25) is 0 Å². The molecule has 1 aromatic carbocycles. The van der Waals surface area contributed by atoms with Gasteiger partial charge in [0.1, 0.15) is 11.6 Å². The Balaban J connectivity index is 0.00000112. The molecule has 4 heteroatoms. The summed E-state index contributed by atoms with van der Waals surface area (Å²) in [5.41, 5.74) is 0.773. The SMILES string of the molecule is COc1ccc(F)c(C2CCNC2)c1.Cl. The third kappa shape index (κ3) is 2.61. The monoisotopic (exact) mass is 231 g/mol. The molecule has 0 bridgehead atoms. The van der Waals surface area contributed by atoms with Gasteiger partial charge in [0.05, 0.1) is 7.11 Å². The lowest BCUT2D eigenvalue weighted by atomic mass is 9.98. The van der Waals surface area contributed by atoms with E-state index in [1.807, 2.05) is 0 Å². The summed E-state index contributed by atoms with van der Waals surface area (Å²) < 4.78 is 18.6. The second kappa shape index (κ2) is 5.33. The number of halogens is 2. The molecule has 84 valence electrons. The molecule has 1 aromatic rings. The third-order valence-electron chi connectivity index (χ3n) is 2.70. The van der Waals surface area contributed by atoms with E-state index < -0.39 is 0 Å². The van der Waals surface area contributed by atoms with Gasteiger partial charge in [-0.2, -0.15) is 0 Å². The minimum atomic E-state index is -0.125. The molecule has 0 saturated carbocycles. The van der Waals surface area contributed by atoms with Crippen molar-refractivity contribution in [1.29, 1.82) is 0 Å². The van der Waals surface area contributed by atoms with Crippen LogP contribution in [0.1, 0.15) is 17.9 Å². The van der Waals surface area contributed by atoms with Crippen molar-refractivity contribution in [2.75, 3.05) is 20.2 Å². The summed E-state index contributed by atoms with van der Waals surface area (Å²) in [7, 11) is 1.60. The van der Waals surface area contributed by atoms with Gasteiger partial charge in [-0.15, -0.1) is 12.4 Å². The molecular weight excluding hydrogens is 217 g/mol. The Morgan fingerprint density at radius 2 is 2.27 bits per heavy atom. The molecule has 0 spiro atoms. The van der Waals surface area contributed by atoms with E-state index in [0.29, 0.717) is 5.92 Å². The van der Waals surface area contributed by atoms with Gasteiger partial charge in [0.25, 0.3) is 0 Å². The molecule has 1 N–H and O–H groups in total. The molecule has 2 rings (SSSR count). The van der Waals surface area contributed by atoms with Crippen LogP contribution in [-0.2, 0) is 0 Å². The summed E-state index contributed by atoms with van der Waals surface area (Å²) >= 11 is 0. The number of methoxy groups -OCH3 is 1. The maximum atomic E-state index is 13.5. The highest BCUT2D eigenvalue weighted by atomic mass is 35.5. The minimum absolute atomic E-state index is 0. The highest BCUT2D eigenvalue weighted by molar-refractivity contribution is 5.85. The summed E-state index contributed by atoms with van der Waals surface area (Å²) in [5, 5.41) is 3.23. The molecule has 0 amide bonds. The Morgan fingerprint density at radius 1 is 1.47 bits per heavy atom. The summed E-state index contributed by atoms with van der Waals surface area (Å²) in [4.78, 5) is 0. The van der Waals surface area contributed by atoms with Gasteiger partial charge in [-0.3, -0.25) is 0 Å². The molecule has 0 aliphatic carbocycles. The Labute approximate surface area is 95.2 Å². The zero-order valence-electron chi connectivity index (χ0n) is 8.63. The van der Waals surface area contributed by atoms with Crippen LogP contribution in [0.4, 0.5) is 4.39 Å². The fourth-order valence-electron chi connectivity index (χ4n) is 1.88. The topological polar surface area (TPSA) is 21.3 Å². The number of rotatable bonds is 2. The maximum absolute atomic E-state index is 13.5. The van der Waals surface area contributed by atoms with Crippen LogP contribution in [0.5, 0.6) is 5.75 Å². The molecule has 1 heterocycles. The quantitative estimate of drug-likeness (QED) is 0.844. The van der Waals surface area contributed by atoms with Crippen molar-refractivity contribution in [2.45, 2.75) is 12.3 Å². The van der Waals surface area contributed by atoms with E-state index in [1.165, 1.54) is 6.07 Å². The van der Waals surface area contributed by atoms with Crippen LogP contribution >= 0.6 is 12.4 Å². The van der Waals surface area contributed by atoms with Crippen molar-refractivity contribution in [2.24, 2.45) is 0 Å². The van der Waals surface area contributed by atoms with Gasteiger partial charge in [0.15, 0.2) is 0 Å². The highest BCUT2D eigenvalue weighted by Crippen LogP contribution is 2.27. The average Bonchev–Trinajstić information content (AvgIpc) is 2.71. The Kier molecular flexibility index (Phi) is 4.36. The highest BCUT2D eigenvalue weighted by Gasteiger charge is 2.20. The van der Waals surface area contributed by atoms with Gasteiger partial charge in [-0.25, -0.2) is 4.39 Å². The largest absolute Gasteiger partial charge is 0.497 e. The van der Waals surface area contributed by atoms with Gasteiger partial charge in [-0.1, -0.05) is 0 Å². The molecule has 0 aromatic heterocycles. The zero-order valence-corrected chi connectivity index (χ0v) is 9.44. The Hall–Kier alpha value is -0.800. The molecule has 1 fully saturated rings. The average molecular weight is 232 g/mol. The van der Waals surface area contributed by atoms with Crippen LogP contribution in [0.25, 0.3) is 0 Å². The Morgan fingerprint density at radius 3 is 2.87 bits per heavy atom. The lowest BCUT2D eigenvalue weighted by molar-refractivity contribution is 0.412. The van der Waals surface area contributed by atoms with Crippen LogP contribution in [0.15, 0.2) is 18.2 Å². The van der Waals surface area contributed by atoms with E-state index in [1.54, 1.807) is 19.2 Å². The number of benzene rings is 1. The van der Waals surface area contributed by atoms with Gasteiger partial charge in [-0.05, 0) is 36.7 Å². The van der Waals surface area contributed by atoms with Gasteiger partial charge in [0, 0.05) is 12.5 Å². The summed E-state index contributed by atoms with van der Waals surface area (Å²) in [6, 6.07) is 4.93. The van der Waals surface area contributed by atoms with E-state index in [9.17, 15) is 4.39 Å². The van der Waals surface area contributed by atoms with E-state index in [2.05, 4.69) is 5.32 Å². The first-order chi connectivity index (χ1) is 6.81. The van der Waals surface area contributed by atoms with Gasteiger partial charge < -0.3 is 10.1 Å². The molecule has 15 heavy (non-hydrogen) atoms. The number of hydrogen-bond acceptors (Lipinski definition) is 2. The molecule has 2 nitrogen and oxygen atoms in total. The fraction of sp³-hybridized carbons (Fsp3) is 0.455. The third-order valence-corrected chi connectivity index (χ3v) is 2.70. The van der Waals surface area contributed by atoms with Crippen LogP contribution in [0.3, 0.4) is 0 Å².